The van der Waals surface area contributed by atoms with Crippen LogP contribution in [0.2, 0.25) is 0 Å². The molecular formula is C8H7IO2. The molecule has 0 bridgehead atoms. The first-order valence-corrected chi connectivity index (χ1v) is 4.02. The quantitative estimate of drug-likeness (QED) is 0.605. The van der Waals surface area contributed by atoms with Crippen molar-refractivity contribution in [1.82, 2.24) is 0 Å². The SMILES string of the molecule is CC(=O)c1ccccc1OI. The Morgan fingerprint density at radius 3 is 2.55 bits per heavy atom. The summed E-state index contributed by atoms with van der Waals surface area (Å²) in [5, 5.41) is 0. The Kier molecular flexibility index (Phi) is 2.87. The van der Waals surface area contributed by atoms with E-state index >= 15 is 0 Å². The molecule has 0 aliphatic rings. The van der Waals surface area contributed by atoms with Gasteiger partial charge in [-0.25, -0.2) is 0 Å². The number of carbonyl (C=O) groups is 1. The van der Waals surface area contributed by atoms with Gasteiger partial charge < -0.3 is 3.07 Å². The zero-order valence-electron chi connectivity index (χ0n) is 6.00. The van der Waals surface area contributed by atoms with Crippen LogP contribution < -0.4 is 3.07 Å². The normalized spacial score (nSPS) is 9.27. The minimum Gasteiger partial charge on any atom is -0.427 e. The first kappa shape index (κ1) is 8.52. The summed E-state index contributed by atoms with van der Waals surface area (Å²) in [4.78, 5) is 10.9. The molecular weight excluding hydrogens is 255 g/mol. The van der Waals surface area contributed by atoms with Crippen molar-refractivity contribution in [3.8, 4) is 5.75 Å². The number of ketones is 1. The number of halogens is 1. The highest BCUT2D eigenvalue weighted by Gasteiger charge is 2.05. The maximum absolute atomic E-state index is 10.9. The van der Waals surface area contributed by atoms with E-state index in [0.29, 0.717) is 11.3 Å². The summed E-state index contributed by atoms with van der Waals surface area (Å²) in [5.41, 5.74) is 0.627. The molecule has 58 valence electrons. The molecule has 1 aromatic carbocycles. The van der Waals surface area contributed by atoms with Gasteiger partial charge in [-0.3, -0.25) is 4.79 Å². The third kappa shape index (κ3) is 1.92. The topological polar surface area (TPSA) is 26.3 Å². The van der Waals surface area contributed by atoms with Crippen molar-refractivity contribution in [2.24, 2.45) is 0 Å². The van der Waals surface area contributed by atoms with Crippen LogP contribution in [0.15, 0.2) is 24.3 Å². The molecule has 0 atom stereocenters. The second-order valence-electron chi connectivity index (χ2n) is 2.13. The summed E-state index contributed by atoms with van der Waals surface area (Å²) < 4.78 is 4.96. The van der Waals surface area contributed by atoms with E-state index in [1.54, 1.807) is 35.1 Å². The molecule has 0 amide bonds. The summed E-state index contributed by atoms with van der Waals surface area (Å²) in [6.45, 7) is 1.52. The zero-order valence-corrected chi connectivity index (χ0v) is 8.16. The van der Waals surface area contributed by atoms with Crippen molar-refractivity contribution in [3.05, 3.63) is 29.8 Å². The van der Waals surface area contributed by atoms with Crippen LogP contribution in [0.1, 0.15) is 17.3 Å². The van der Waals surface area contributed by atoms with Gasteiger partial charge in [0.1, 0.15) is 5.75 Å². The molecule has 0 fully saturated rings. The van der Waals surface area contributed by atoms with Gasteiger partial charge in [-0.2, -0.15) is 0 Å². The number of benzene rings is 1. The van der Waals surface area contributed by atoms with Gasteiger partial charge in [-0.05, 0) is 19.1 Å². The first-order valence-electron chi connectivity index (χ1n) is 3.14. The largest absolute Gasteiger partial charge is 0.427 e. The van der Waals surface area contributed by atoms with E-state index < -0.39 is 0 Å². The van der Waals surface area contributed by atoms with E-state index in [0.717, 1.165) is 0 Å². The molecule has 1 aromatic rings. The molecule has 2 nitrogen and oxygen atoms in total. The second-order valence-corrected chi connectivity index (χ2v) is 2.57. The average Bonchev–Trinajstić information content (AvgIpc) is 2.04. The lowest BCUT2D eigenvalue weighted by atomic mass is 10.1. The predicted molar refractivity (Wildman–Crippen MR) is 51.1 cm³/mol. The molecule has 0 unspecified atom stereocenters. The van der Waals surface area contributed by atoms with Gasteiger partial charge in [0.2, 0.25) is 0 Å². The number of rotatable bonds is 2. The Morgan fingerprint density at radius 2 is 2.09 bits per heavy atom. The van der Waals surface area contributed by atoms with E-state index in [9.17, 15) is 4.79 Å². The molecule has 0 spiro atoms. The maximum atomic E-state index is 10.9. The van der Waals surface area contributed by atoms with Crippen LogP contribution in [-0.2, 0) is 0 Å². The molecule has 0 aliphatic carbocycles. The zero-order chi connectivity index (χ0) is 8.27. The van der Waals surface area contributed by atoms with Crippen LogP contribution in [0.25, 0.3) is 0 Å². The lowest BCUT2D eigenvalue weighted by Crippen LogP contribution is -1.93. The Bertz CT molecular complexity index is 271. The van der Waals surface area contributed by atoms with Crippen LogP contribution in [0, 0.1) is 0 Å². The van der Waals surface area contributed by atoms with Crippen molar-refractivity contribution in [3.63, 3.8) is 0 Å². The van der Waals surface area contributed by atoms with Gasteiger partial charge in [0.15, 0.2) is 28.8 Å². The van der Waals surface area contributed by atoms with E-state index in [4.69, 9.17) is 3.07 Å². The Morgan fingerprint density at radius 1 is 1.45 bits per heavy atom. The van der Waals surface area contributed by atoms with Crippen molar-refractivity contribution in [1.29, 1.82) is 0 Å². The number of hydrogen-bond acceptors (Lipinski definition) is 2. The molecule has 0 saturated carbocycles. The van der Waals surface area contributed by atoms with Gasteiger partial charge >= 0.3 is 0 Å². The number of para-hydroxylation sites is 1. The highest BCUT2D eigenvalue weighted by Crippen LogP contribution is 2.19. The lowest BCUT2D eigenvalue weighted by molar-refractivity contribution is 0.101. The fourth-order valence-corrected chi connectivity index (χ4v) is 1.21. The van der Waals surface area contributed by atoms with Crippen molar-refractivity contribution in [2.45, 2.75) is 6.92 Å². The molecule has 11 heavy (non-hydrogen) atoms. The fourth-order valence-electron chi connectivity index (χ4n) is 0.825. The number of carbonyl (C=O) groups excluding carboxylic acids is 1. The van der Waals surface area contributed by atoms with E-state index in [1.807, 2.05) is 12.1 Å². The molecule has 0 aromatic heterocycles. The minimum absolute atomic E-state index is 0.0252. The molecule has 0 N–H and O–H groups in total. The number of Topliss-reactive ketones (excluding diaryl/α,β-unsaturated/α-hetero) is 1. The van der Waals surface area contributed by atoms with Gasteiger partial charge in [0, 0.05) is 0 Å². The van der Waals surface area contributed by atoms with E-state index in [1.165, 1.54) is 6.92 Å². The van der Waals surface area contributed by atoms with Crippen LogP contribution in [0.3, 0.4) is 0 Å². The smallest absolute Gasteiger partial charge is 0.192 e. The second kappa shape index (κ2) is 3.71. The highest BCUT2D eigenvalue weighted by molar-refractivity contribution is 14.1. The predicted octanol–water partition coefficient (Wildman–Crippen LogP) is 2.62. The van der Waals surface area contributed by atoms with Gasteiger partial charge in [-0.15, -0.1) is 0 Å². The van der Waals surface area contributed by atoms with Crippen LogP contribution in [0.5, 0.6) is 5.75 Å². The summed E-state index contributed by atoms with van der Waals surface area (Å²) in [6, 6.07) is 7.16. The molecule has 0 saturated heterocycles. The Labute approximate surface area is 79.2 Å². The van der Waals surface area contributed by atoms with Crippen LogP contribution in [0.4, 0.5) is 0 Å². The summed E-state index contributed by atoms with van der Waals surface area (Å²) in [6.07, 6.45) is 0. The Hall–Kier alpha value is -0.580. The minimum atomic E-state index is 0.0252. The lowest BCUT2D eigenvalue weighted by Gasteiger charge is -2.00. The standard InChI is InChI=1S/C8H7IO2/c1-6(10)7-4-2-3-5-8(7)11-9/h2-5H,1H3. The third-order valence-corrected chi connectivity index (χ3v) is 1.82. The molecule has 0 heterocycles. The summed E-state index contributed by atoms with van der Waals surface area (Å²) in [7, 11) is 0. The summed E-state index contributed by atoms with van der Waals surface area (Å²) >= 11 is 1.76. The summed E-state index contributed by atoms with van der Waals surface area (Å²) in [5.74, 6) is 0.651. The van der Waals surface area contributed by atoms with E-state index in [-0.39, 0.29) is 5.78 Å². The molecule has 0 radical (unpaired) electrons. The average molecular weight is 262 g/mol. The Balaban J connectivity index is 3.12. The third-order valence-electron chi connectivity index (χ3n) is 1.35. The molecule has 0 aliphatic heterocycles. The fraction of sp³-hybridized carbons (Fsp3) is 0.125. The first-order chi connectivity index (χ1) is 5.25. The van der Waals surface area contributed by atoms with Crippen molar-refractivity contribution in [2.75, 3.05) is 0 Å². The van der Waals surface area contributed by atoms with Gasteiger partial charge in [0.25, 0.3) is 0 Å². The van der Waals surface area contributed by atoms with Gasteiger partial charge in [0.05, 0.1) is 5.56 Å². The van der Waals surface area contributed by atoms with Crippen molar-refractivity contribution >= 4 is 28.8 Å². The maximum Gasteiger partial charge on any atom is 0.192 e. The van der Waals surface area contributed by atoms with Crippen LogP contribution >= 0.6 is 23.0 Å². The van der Waals surface area contributed by atoms with Crippen LogP contribution in [-0.4, -0.2) is 5.78 Å². The molecule has 1 rings (SSSR count). The molecule has 3 heteroatoms. The highest BCUT2D eigenvalue weighted by atomic mass is 127. The number of hydrogen-bond donors (Lipinski definition) is 0. The van der Waals surface area contributed by atoms with E-state index in [2.05, 4.69) is 0 Å². The monoisotopic (exact) mass is 262 g/mol. The van der Waals surface area contributed by atoms with Crippen molar-refractivity contribution < 1.29 is 7.86 Å². The van der Waals surface area contributed by atoms with Gasteiger partial charge in [-0.1, -0.05) is 12.1 Å².